The number of benzene rings is 4. The highest BCUT2D eigenvalue weighted by molar-refractivity contribution is 6.25. The molecule has 1 atom stereocenters. The molecule has 1 unspecified atom stereocenters. The number of nitrogens with zero attached hydrogens (tertiary/aromatic N) is 3. The number of rotatable bonds is 29. The quantitative estimate of drug-likeness (QED) is 0.0268. The van der Waals surface area contributed by atoms with Crippen LogP contribution in [0, 0.1) is 0 Å². The van der Waals surface area contributed by atoms with Crippen LogP contribution in [0.1, 0.15) is 63.1 Å². The molecule has 5 amide bonds. The normalized spacial score (nSPS) is 16.4. The molecular weight excluding hydrogens is 946 g/mol. The Morgan fingerprint density at radius 2 is 1.26 bits per heavy atom. The Morgan fingerprint density at radius 1 is 0.653 bits per heavy atom. The van der Waals surface area contributed by atoms with Crippen LogP contribution in [0.3, 0.4) is 0 Å². The van der Waals surface area contributed by atoms with E-state index in [9.17, 15) is 29.1 Å². The average Bonchev–Trinajstić information content (AvgIpc) is 3.65. The van der Waals surface area contributed by atoms with Crippen molar-refractivity contribution in [2.24, 2.45) is 0 Å². The van der Waals surface area contributed by atoms with E-state index >= 15 is 0 Å². The second-order valence-corrected chi connectivity index (χ2v) is 17.6. The van der Waals surface area contributed by atoms with E-state index < -0.39 is 29.7 Å². The number of hydrogen-bond donors (Lipinski definition) is 3. The summed E-state index contributed by atoms with van der Waals surface area (Å²) >= 11 is 6.31. The zero-order valence-electron chi connectivity index (χ0n) is 40.5. The van der Waals surface area contributed by atoms with Gasteiger partial charge in [-0.1, -0.05) is 60.7 Å². The van der Waals surface area contributed by atoms with Crippen molar-refractivity contribution in [3.8, 4) is 11.5 Å². The fraction of sp³-hybridized carbons (Fsp3) is 0.426. The number of allylic oxidation sites excluding steroid dienone is 1. The molecule has 0 radical (unpaired) electrons. The number of fused-ring (bicyclic) bond motifs is 1. The van der Waals surface area contributed by atoms with Gasteiger partial charge in [0.15, 0.2) is 0 Å². The van der Waals surface area contributed by atoms with Gasteiger partial charge >= 0.3 is 0 Å². The molecule has 72 heavy (non-hydrogen) atoms. The topological polar surface area (TPSA) is 195 Å². The first-order valence-electron chi connectivity index (χ1n) is 24.6. The van der Waals surface area contributed by atoms with Crippen molar-refractivity contribution in [3.05, 3.63) is 125 Å². The molecule has 0 spiro atoms. The second kappa shape index (κ2) is 28.2. The lowest BCUT2D eigenvalue weighted by atomic mass is 9.88. The number of halogens is 1. The van der Waals surface area contributed by atoms with Gasteiger partial charge in [0.25, 0.3) is 11.8 Å². The molecule has 0 saturated carbocycles. The van der Waals surface area contributed by atoms with E-state index in [0.29, 0.717) is 117 Å². The van der Waals surface area contributed by atoms with Gasteiger partial charge in [0.2, 0.25) is 17.7 Å². The van der Waals surface area contributed by atoms with E-state index in [1.165, 1.54) is 0 Å². The van der Waals surface area contributed by atoms with Gasteiger partial charge in [-0.05, 0) is 77.1 Å². The Hall–Kier alpha value is -6.18. The monoisotopic (exact) mass is 1010 g/mol. The van der Waals surface area contributed by atoms with E-state index in [0.717, 1.165) is 58.1 Å². The number of nitrogens with one attached hydrogen (secondary N) is 2. The number of amides is 5. The van der Waals surface area contributed by atoms with Crippen molar-refractivity contribution in [2.45, 2.75) is 31.7 Å². The van der Waals surface area contributed by atoms with Crippen LogP contribution < -0.4 is 15.4 Å². The average molecular weight is 1010 g/mol. The Kier molecular flexibility index (Phi) is 21.0. The van der Waals surface area contributed by atoms with E-state index in [1.807, 2.05) is 47.4 Å². The minimum absolute atomic E-state index is 0.0577. The third-order valence-corrected chi connectivity index (χ3v) is 12.6. The number of carbonyl (C=O) groups excluding carboxylic acids is 5. The molecule has 384 valence electrons. The van der Waals surface area contributed by atoms with Crippen molar-refractivity contribution in [1.29, 1.82) is 0 Å². The summed E-state index contributed by atoms with van der Waals surface area (Å²) in [6.07, 6.45) is 1.16. The first-order valence-corrected chi connectivity index (χ1v) is 25.1. The van der Waals surface area contributed by atoms with Crippen LogP contribution >= 0.6 is 11.6 Å². The number of imide groups is 2. The Bertz CT molecular complexity index is 2450. The van der Waals surface area contributed by atoms with Gasteiger partial charge in [-0.15, -0.1) is 11.6 Å². The van der Waals surface area contributed by atoms with Crippen molar-refractivity contribution >= 4 is 58.0 Å². The first-order chi connectivity index (χ1) is 35.2. The third-order valence-electron chi connectivity index (χ3n) is 12.4. The number of ether oxygens (including phenoxy) is 6. The van der Waals surface area contributed by atoms with E-state index in [2.05, 4.69) is 39.8 Å². The van der Waals surface area contributed by atoms with Crippen molar-refractivity contribution in [2.75, 3.05) is 123 Å². The summed E-state index contributed by atoms with van der Waals surface area (Å²) in [5, 5.41) is 15.3. The lowest BCUT2D eigenvalue weighted by molar-refractivity contribution is -0.136. The number of piperazine rings is 1. The summed E-state index contributed by atoms with van der Waals surface area (Å²) < 4.78 is 34.1. The van der Waals surface area contributed by atoms with Crippen LogP contribution in [0.15, 0.2) is 97.1 Å². The number of phenols is 1. The highest BCUT2D eigenvalue weighted by Gasteiger charge is 2.45. The number of hydrogen-bond acceptors (Lipinski definition) is 14. The predicted octanol–water partition coefficient (Wildman–Crippen LogP) is 5.49. The molecule has 0 aromatic heterocycles. The van der Waals surface area contributed by atoms with Gasteiger partial charge in [0, 0.05) is 57.3 Å². The third kappa shape index (κ3) is 15.2. The number of piperidine rings is 1. The maximum atomic E-state index is 13.2. The van der Waals surface area contributed by atoms with Crippen molar-refractivity contribution in [3.63, 3.8) is 0 Å². The lowest BCUT2D eigenvalue weighted by Crippen LogP contribution is -2.54. The molecule has 3 aliphatic rings. The highest BCUT2D eigenvalue weighted by Crippen LogP contribution is 2.36. The predicted molar refractivity (Wildman–Crippen MR) is 271 cm³/mol. The maximum Gasteiger partial charge on any atom is 0.264 e. The number of phenolic OH excluding ortho intramolecular Hbond substituents is 1. The Morgan fingerprint density at radius 3 is 1.89 bits per heavy atom. The summed E-state index contributed by atoms with van der Waals surface area (Å²) in [5.74, 6) is -0.643. The van der Waals surface area contributed by atoms with Crippen LogP contribution in [0.4, 0.5) is 5.69 Å². The van der Waals surface area contributed by atoms with E-state index in [4.69, 9.17) is 40.0 Å². The van der Waals surface area contributed by atoms with Gasteiger partial charge in [0.05, 0.1) is 83.6 Å². The lowest BCUT2D eigenvalue weighted by Gasteiger charge is -2.34. The largest absolute Gasteiger partial charge is 0.508 e. The molecule has 2 saturated heterocycles. The van der Waals surface area contributed by atoms with Crippen molar-refractivity contribution in [1.82, 2.24) is 20.0 Å². The fourth-order valence-corrected chi connectivity index (χ4v) is 8.93. The number of aromatic hydroxyl groups is 1. The molecule has 18 heteroatoms. The van der Waals surface area contributed by atoms with Crippen molar-refractivity contribution < 1.29 is 57.5 Å². The summed E-state index contributed by atoms with van der Waals surface area (Å²) in [6.45, 7) is 8.32. The van der Waals surface area contributed by atoms with Gasteiger partial charge in [-0.3, -0.25) is 39.1 Å². The van der Waals surface area contributed by atoms with E-state index in [-0.39, 0.29) is 35.6 Å². The van der Waals surface area contributed by atoms with Crippen LogP contribution in [-0.2, 0) is 38.1 Å². The molecule has 4 aromatic carbocycles. The molecule has 7 rings (SSSR count). The van der Waals surface area contributed by atoms with Gasteiger partial charge < -0.3 is 43.7 Å². The van der Waals surface area contributed by atoms with Gasteiger partial charge in [-0.2, -0.15) is 0 Å². The van der Waals surface area contributed by atoms with E-state index in [1.54, 1.807) is 30.3 Å². The minimum Gasteiger partial charge on any atom is -0.508 e. The number of carbonyl (C=O) groups is 5. The van der Waals surface area contributed by atoms with Crippen LogP contribution in [0.25, 0.3) is 11.1 Å². The zero-order chi connectivity index (χ0) is 50.5. The van der Waals surface area contributed by atoms with Gasteiger partial charge in [0.1, 0.15) is 24.1 Å². The van der Waals surface area contributed by atoms with Gasteiger partial charge in [-0.25, -0.2) is 0 Å². The second-order valence-electron chi connectivity index (χ2n) is 17.2. The maximum absolute atomic E-state index is 13.2. The summed E-state index contributed by atoms with van der Waals surface area (Å²) in [7, 11) is 0. The Labute approximate surface area is 425 Å². The minimum atomic E-state index is -1.02. The molecule has 4 aromatic rings. The van der Waals surface area contributed by atoms with Crippen LogP contribution in [-0.4, -0.2) is 173 Å². The molecule has 0 aliphatic carbocycles. The summed E-state index contributed by atoms with van der Waals surface area (Å²) in [4.78, 5) is 68.2. The SMILES string of the molecule is O=C1CCC(N2C(=O)c3cccc(NCCOCCOCCOCCOCCOCCC(=O)N4CCN(CCOc5ccc(C(=C(CCCl)c6ccccc6)c6ccc(O)cc6)cc5)CC4)c3C2=O)C(=O)N1. The standard InChI is InChI=1S/C54H64ClN5O12/c55-21-19-44(39-5-2-1-3-6-39)50(40-9-13-42(61)14-10-40)41-11-15-43(16-12-41)72-30-27-58-23-25-59(26-24-58)49(63)20-28-67-31-33-69-35-37-71-38-36-70-34-32-68-29-22-56-46-8-4-7-45-51(46)54(66)60(53(45)65)47-17-18-48(62)57-52(47)64/h1-16,47,56,61H,17-38H2,(H,57,62,64). The highest BCUT2D eigenvalue weighted by atomic mass is 35.5. The molecule has 0 bridgehead atoms. The molecule has 2 fully saturated rings. The molecule has 3 heterocycles. The van der Waals surface area contributed by atoms with Crippen LogP contribution in [0.5, 0.6) is 11.5 Å². The molecule has 3 aliphatic heterocycles. The molecular formula is C54H64ClN5O12. The molecule has 3 N–H and O–H groups in total. The summed E-state index contributed by atoms with van der Waals surface area (Å²) in [6, 6.07) is 29.5. The number of anilines is 1. The zero-order valence-corrected chi connectivity index (χ0v) is 41.3. The fourth-order valence-electron chi connectivity index (χ4n) is 8.74. The summed E-state index contributed by atoms with van der Waals surface area (Å²) in [5.41, 5.74) is 6.20. The smallest absolute Gasteiger partial charge is 0.264 e. The Balaban J connectivity index is 0.667. The molecule has 17 nitrogen and oxygen atoms in total. The first kappa shape index (κ1) is 53.6. The number of alkyl halides is 1. The van der Waals surface area contributed by atoms with Crippen LogP contribution in [0.2, 0.25) is 0 Å².